The molecule has 0 fully saturated rings. The lowest BCUT2D eigenvalue weighted by Crippen LogP contribution is -2.18. The van der Waals surface area contributed by atoms with Crippen molar-refractivity contribution in [3.63, 3.8) is 0 Å². The molecule has 0 unspecified atom stereocenters. The van der Waals surface area contributed by atoms with Crippen LogP contribution in [0.2, 0.25) is 5.02 Å². The van der Waals surface area contributed by atoms with Crippen molar-refractivity contribution >= 4 is 23.2 Å². The molecule has 39 heavy (non-hydrogen) atoms. The number of halogens is 7. The molecular weight excluding hydrogens is 556 g/mol. The van der Waals surface area contributed by atoms with Gasteiger partial charge < -0.3 is 14.5 Å². The summed E-state index contributed by atoms with van der Waals surface area (Å²) in [4.78, 5) is 14.8. The average molecular weight is 574 g/mol. The van der Waals surface area contributed by atoms with E-state index in [4.69, 9.17) is 16.1 Å². The zero-order valence-electron chi connectivity index (χ0n) is 20.1. The topological polar surface area (TPSA) is 97.3 Å². The molecule has 15 heteroatoms. The second kappa shape index (κ2) is 10.3. The molecule has 0 aliphatic rings. The van der Waals surface area contributed by atoms with Crippen LogP contribution in [-0.4, -0.2) is 45.1 Å². The standard InChI is InChI=1S/C24H18ClF6N5O3/c1-35(2)22-19(21-18(17(11-37)33-39-21)20(38)15-5-3-4-6-16(15)25)32-34-36(22)10-12-7-13(23(26,27)28)9-14(8-12)24(29,30)31/h3-9,37H,10-11H2,1-2H3. The summed E-state index contributed by atoms with van der Waals surface area (Å²) in [5, 5.41) is 21.5. The van der Waals surface area contributed by atoms with Gasteiger partial charge in [0.05, 0.1) is 34.9 Å². The molecule has 0 saturated heterocycles. The number of aromatic nitrogens is 4. The van der Waals surface area contributed by atoms with Gasteiger partial charge in [-0.2, -0.15) is 26.3 Å². The van der Waals surface area contributed by atoms with Gasteiger partial charge in [-0.05, 0) is 35.9 Å². The molecule has 2 aromatic carbocycles. The summed E-state index contributed by atoms with van der Waals surface area (Å²) < 4.78 is 86.4. The Morgan fingerprint density at radius 1 is 1.05 bits per heavy atom. The lowest BCUT2D eigenvalue weighted by molar-refractivity contribution is -0.143. The molecule has 0 bridgehead atoms. The van der Waals surface area contributed by atoms with Crippen LogP contribution in [0.3, 0.4) is 0 Å². The fourth-order valence-electron chi connectivity index (χ4n) is 3.89. The number of hydrogen-bond acceptors (Lipinski definition) is 7. The number of anilines is 1. The second-order valence-electron chi connectivity index (χ2n) is 8.53. The van der Waals surface area contributed by atoms with E-state index in [1.165, 1.54) is 31.1 Å². The number of ketones is 1. The number of carbonyl (C=O) groups excluding carboxylic acids is 1. The molecule has 0 radical (unpaired) electrons. The number of hydrogen-bond donors (Lipinski definition) is 1. The fraction of sp³-hybridized carbons (Fsp3) is 0.250. The van der Waals surface area contributed by atoms with E-state index in [0.717, 1.165) is 4.68 Å². The largest absolute Gasteiger partial charge is 0.416 e. The first-order chi connectivity index (χ1) is 18.2. The minimum atomic E-state index is -5.03. The zero-order chi connectivity index (χ0) is 28.7. The summed E-state index contributed by atoms with van der Waals surface area (Å²) in [6.45, 7) is -1.23. The summed E-state index contributed by atoms with van der Waals surface area (Å²) >= 11 is 6.16. The minimum Gasteiger partial charge on any atom is -0.390 e. The molecule has 2 aromatic heterocycles. The average Bonchev–Trinajstić information content (AvgIpc) is 3.46. The SMILES string of the molecule is CN(C)c1c(-c2onc(CO)c2C(=O)c2ccccc2Cl)nnn1Cc1cc(C(F)(F)F)cc(C(F)(F)F)c1. The first-order valence-corrected chi connectivity index (χ1v) is 11.4. The third kappa shape index (κ3) is 5.61. The number of aliphatic hydroxyl groups excluding tert-OH is 1. The van der Waals surface area contributed by atoms with Crippen molar-refractivity contribution in [3.8, 4) is 11.5 Å². The number of benzene rings is 2. The number of nitrogens with zero attached hydrogens (tertiary/aromatic N) is 5. The van der Waals surface area contributed by atoms with E-state index in [1.807, 2.05) is 0 Å². The Hall–Kier alpha value is -3.91. The Kier molecular flexibility index (Phi) is 7.45. The smallest absolute Gasteiger partial charge is 0.390 e. The molecule has 0 amide bonds. The Morgan fingerprint density at radius 2 is 1.67 bits per heavy atom. The van der Waals surface area contributed by atoms with E-state index in [2.05, 4.69) is 15.5 Å². The van der Waals surface area contributed by atoms with E-state index in [1.54, 1.807) is 12.1 Å². The molecule has 0 aliphatic carbocycles. The predicted molar refractivity (Wildman–Crippen MR) is 126 cm³/mol. The van der Waals surface area contributed by atoms with Gasteiger partial charge in [-0.1, -0.05) is 34.1 Å². The first kappa shape index (κ1) is 28.1. The number of rotatable bonds is 7. The van der Waals surface area contributed by atoms with Crippen LogP contribution in [0.15, 0.2) is 47.0 Å². The number of aliphatic hydroxyl groups is 1. The molecule has 4 rings (SSSR count). The highest BCUT2D eigenvalue weighted by Crippen LogP contribution is 2.38. The van der Waals surface area contributed by atoms with Gasteiger partial charge in [-0.25, -0.2) is 4.68 Å². The molecule has 8 nitrogen and oxygen atoms in total. The third-order valence-electron chi connectivity index (χ3n) is 5.59. The van der Waals surface area contributed by atoms with Crippen LogP contribution in [-0.2, 0) is 25.5 Å². The third-order valence-corrected chi connectivity index (χ3v) is 5.92. The van der Waals surface area contributed by atoms with Crippen molar-refractivity contribution in [2.75, 3.05) is 19.0 Å². The molecule has 1 N–H and O–H groups in total. The van der Waals surface area contributed by atoms with Crippen molar-refractivity contribution < 1.29 is 40.8 Å². The highest BCUT2D eigenvalue weighted by Gasteiger charge is 2.37. The Bertz CT molecular complexity index is 1500. The van der Waals surface area contributed by atoms with Gasteiger partial charge >= 0.3 is 12.4 Å². The van der Waals surface area contributed by atoms with Crippen LogP contribution >= 0.6 is 11.6 Å². The maximum Gasteiger partial charge on any atom is 0.416 e. The summed E-state index contributed by atoms with van der Waals surface area (Å²) in [6, 6.07) is 7.29. The molecule has 0 spiro atoms. The van der Waals surface area contributed by atoms with Gasteiger partial charge in [0.15, 0.2) is 11.5 Å². The summed E-state index contributed by atoms with van der Waals surface area (Å²) in [7, 11) is 3.04. The highest BCUT2D eigenvalue weighted by molar-refractivity contribution is 6.35. The van der Waals surface area contributed by atoms with Gasteiger partial charge in [0.25, 0.3) is 0 Å². The monoisotopic (exact) mass is 573 g/mol. The van der Waals surface area contributed by atoms with Gasteiger partial charge in [-0.15, -0.1) is 5.10 Å². The van der Waals surface area contributed by atoms with Crippen LogP contribution in [0.4, 0.5) is 32.2 Å². The molecule has 0 saturated carbocycles. The quantitative estimate of drug-likeness (QED) is 0.232. The van der Waals surface area contributed by atoms with Crippen molar-refractivity contribution in [1.82, 2.24) is 20.2 Å². The lowest BCUT2D eigenvalue weighted by Gasteiger charge is -2.17. The summed E-state index contributed by atoms with van der Waals surface area (Å²) in [5.74, 6) is -0.804. The van der Waals surface area contributed by atoms with E-state index >= 15 is 0 Å². The van der Waals surface area contributed by atoms with Gasteiger partial charge in [0.1, 0.15) is 5.69 Å². The highest BCUT2D eigenvalue weighted by atomic mass is 35.5. The maximum absolute atomic E-state index is 13.4. The minimum absolute atomic E-state index is 0.0284. The molecule has 0 atom stereocenters. The molecule has 4 aromatic rings. The van der Waals surface area contributed by atoms with Crippen LogP contribution in [0.25, 0.3) is 11.5 Å². The first-order valence-electron chi connectivity index (χ1n) is 11.0. The van der Waals surface area contributed by atoms with Crippen molar-refractivity contribution in [2.45, 2.75) is 25.5 Å². The maximum atomic E-state index is 13.4. The van der Waals surface area contributed by atoms with Gasteiger partial charge in [0.2, 0.25) is 11.5 Å². The summed E-state index contributed by atoms with van der Waals surface area (Å²) in [6.07, 6.45) is -10.1. The number of carbonyl (C=O) groups is 1. The van der Waals surface area contributed by atoms with Gasteiger partial charge in [0, 0.05) is 19.7 Å². The zero-order valence-corrected chi connectivity index (χ0v) is 20.9. The molecule has 2 heterocycles. The van der Waals surface area contributed by atoms with Crippen LogP contribution < -0.4 is 4.90 Å². The summed E-state index contributed by atoms with van der Waals surface area (Å²) in [5.41, 5.74) is -3.64. The Morgan fingerprint density at radius 3 is 2.21 bits per heavy atom. The van der Waals surface area contributed by atoms with E-state index in [9.17, 15) is 36.2 Å². The van der Waals surface area contributed by atoms with Crippen LogP contribution in [0, 0.1) is 0 Å². The van der Waals surface area contributed by atoms with Gasteiger partial charge in [-0.3, -0.25) is 4.79 Å². The number of alkyl halides is 6. The molecular formula is C24H18ClF6N5O3. The fourth-order valence-corrected chi connectivity index (χ4v) is 4.12. The lowest BCUT2D eigenvalue weighted by atomic mass is 10.00. The van der Waals surface area contributed by atoms with E-state index in [-0.39, 0.29) is 50.7 Å². The predicted octanol–water partition coefficient (Wildman–Crippen LogP) is 5.46. The van der Waals surface area contributed by atoms with Crippen LogP contribution in [0.1, 0.15) is 38.3 Å². The van der Waals surface area contributed by atoms with Crippen LogP contribution in [0.5, 0.6) is 0 Å². The Labute approximate surface area is 221 Å². The second-order valence-corrected chi connectivity index (χ2v) is 8.94. The van der Waals surface area contributed by atoms with E-state index < -0.39 is 42.4 Å². The Balaban J connectivity index is 1.84. The molecule has 206 valence electrons. The van der Waals surface area contributed by atoms with Crippen molar-refractivity contribution in [2.24, 2.45) is 0 Å². The molecule has 0 aliphatic heterocycles. The van der Waals surface area contributed by atoms with Crippen molar-refractivity contribution in [3.05, 3.63) is 81.0 Å². The van der Waals surface area contributed by atoms with Crippen molar-refractivity contribution in [1.29, 1.82) is 0 Å². The normalized spacial score (nSPS) is 12.2. The van der Waals surface area contributed by atoms with E-state index in [0.29, 0.717) is 12.1 Å².